The molecular formula is C15H19BrO2. The van der Waals surface area contributed by atoms with Gasteiger partial charge in [-0.25, -0.2) is 0 Å². The summed E-state index contributed by atoms with van der Waals surface area (Å²) in [4.78, 5) is 11.7. The number of rotatable bonds is 2. The molecule has 98 valence electrons. The van der Waals surface area contributed by atoms with E-state index in [0.29, 0.717) is 0 Å². The van der Waals surface area contributed by atoms with Crippen molar-refractivity contribution in [3.05, 3.63) is 34.4 Å². The number of hydrogen-bond acceptors (Lipinski definition) is 2. The second kappa shape index (κ2) is 5.04. The van der Waals surface area contributed by atoms with Crippen molar-refractivity contribution < 1.29 is 9.53 Å². The third kappa shape index (κ3) is 2.33. The summed E-state index contributed by atoms with van der Waals surface area (Å²) in [5.74, 6) is -0.0371. The summed E-state index contributed by atoms with van der Waals surface area (Å²) >= 11 is 3.43. The van der Waals surface area contributed by atoms with Crippen LogP contribution in [-0.4, -0.2) is 13.1 Å². The first-order valence-corrected chi connectivity index (χ1v) is 7.11. The molecule has 0 saturated heterocycles. The second-order valence-electron chi connectivity index (χ2n) is 5.23. The molecule has 18 heavy (non-hydrogen) atoms. The van der Waals surface area contributed by atoms with E-state index in [1.165, 1.54) is 18.3 Å². The Morgan fingerprint density at radius 3 is 2.94 bits per heavy atom. The quantitative estimate of drug-likeness (QED) is 0.717. The Kier molecular flexibility index (Phi) is 3.81. The second-order valence-corrected chi connectivity index (χ2v) is 6.48. The van der Waals surface area contributed by atoms with Crippen LogP contribution in [0.1, 0.15) is 32.6 Å². The van der Waals surface area contributed by atoms with Gasteiger partial charge in [0.2, 0.25) is 0 Å². The van der Waals surface area contributed by atoms with E-state index >= 15 is 0 Å². The van der Waals surface area contributed by atoms with Crippen molar-refractivity contribution in [3.63, 3.8) is 0 Å². The molecule has 1 spiro atoms. The van der Waals surface area contributed by atoms with Gasteiger partial charge in [0.15, 0.2) is 0 Å². The van der Waals surface area contributed by atoms with Crippen molar-refractivity contribution in [2.75, 3.05) is 7.11 Å². The van der Waals surface area contributed by atoms with Crippen LogP contribution in [0.4, 0.5) is 0 Å². The van der Waals surface area contributed by atoms with Crippen LogP contribution in [-0.2, 0) is 9.53 Å². The highest BCUT2D eigenvalue weighted by Crippen LogP contribution is 2.65. The molecule has 2 rings (SSSR count). The van der Waals surface area contributed by atoms with Crippen LogP contribution >= 0.6 is 15.9 Å². The molecule has 2 aliphatic rings. The number of carbonyl (C=O) groups excluding carboxylic acids is 1. The molecule has 2 nitrogen and oxygen atoms in total. The summed E-state index contributed by atoms with van der Waals surface area (Å²) in [7, 11) is 1.47. The molecule has 0 aliphatic heterocycles. The maximum absolute atomic E-state index is 11.7. The van der Waals surface area contributed by atoms with Gasteiger partial charge in [0.1, 0.15) is 0 Å². The minimum absolute atomic E-state index is 0.0153. The molecule has 0 aromatic rings. The number of hydrogen-bond donors (Lipinski definition) is 0. The zero-order chi connectivity index (χ0) is 13.3. The van der Waals surface area contributed by atoms with Crippen LogP contribution in [0.3, 0.4) is 0 Å². The van der Waals surface area contributed by atoms with Gasteiger partial charge in [-0.2, -0.15) is 0 Å². The number of allylic oxidation sites excluding steroid dienone is 5. The molecule has 2 saturated carbocycles. The first-order chi connectivity index (χ1) is 8.51. The van der Waals surface area contributed by atoms with Gasteiger partial charge in [0.25, 0.3) is 0 Å². The van der Waals surface area contributed by atoms with Gasteiger partial charge in [-0.3, -0.25) is 4.79 Å². The first-order valence-electron chi connectivity index (χ1n) is 6.32. The number of methoxy groups -OCH3 is 1. The van der Waals surface area contributed by atoms with Gasteiger partial charge in [-0.1, -0.05) is 40.2 Å². The SMILES string of the molecule is C=C1CCCC2(CC2C(=O)OC)/C1=C/C=C(\C)Br. The van der Waals surface area contributed by atoms with Gasteiger partial charge in [-0.05, 0) is 42.7 Å². The predicted molar refractivity (Wildman–Crippen MR) is 76.3 cm³/mol. The van der Waals surface area contributed by atoms with Crippen molar-refractivity contribution in [1.29, 1.82) is 0 Å². The van der Waals surface area contributed by atoms with Crippen LogP contribution in [0.2, 0.25) is 0 Å². The number of ether oxygens (including phenoxy) is 1. The third-order valence-electron chi connectivity index (χ3n) is 4.06. The third-order valence-corrected chi connectivity index (χ3v) is 4.32. The Balaban J connectivity index is 2.29. The fourth-order valence-electron chi connectivity index (χ4n) is 3.05. The smallest absolute Gasteiger partial charge is 0.309 e. The number of carbonyl (C=O) groups is 1. The maximum Gasteiger partial charge on any atom is 0.309 e. The predicted octanol–water partition coefficient (Wildman–Crippen LogP) is 4.13. The van der Waals surface area contributed by atoms with Gasteiger partial charge in [0.05, 0.1) is 13.0 Å². The number of halogens is 1. The molecule has 0 amide bonds. The fraction of sp³-hybridized carbons (Fsp3) is 0.533. The average Bonchev–Trinajstić information content (AvgIpc) is 3.02. The van der Waals surface area contributed by atoms with E-state index in [1.54, 1.807) is 0 Å². The lowest BCUT2D eigenvalue weighted by Crippen LogP contribution is -2.19. The molecule has 2 fully saturated rings. The average molecular weight is 311 g/mol. The van der Waals surface area contributed by atoms with Crippen molar-refractivity contribution in [1.82, 2.24) is 0 Å². The van der Waals surface area contributed by atoms with Crippen molar-refractivity contribution in [2.24, 2.45) is 11.3 Å². The molecule has 0 aromatic carbocycles. The highest BCUT2D eigenvalue weighted by molar-refractivity contribution is 9.11. The molecule has 0 aromatic heterocycles. The van der Waals surface area contributed by atoms with E-state index in [0.717, 1.165) is 30.2 Å². The highest BCUT2D eigenvalue weighted by atomic mass is 79.9. The van der Waals surface area contributed by atoms with E-state index in [4.69, 9.17) is 4.74 Å². The monoisotopic (exact) mass is 310 g/mol. The van der Waals surface area contributed by atoms with Crippen LogP contribution in [0.25, 0.3) is 0 Å². The van der Waals surface area contributed by atoms with Crippen LogP contribution < -0.4 is 0 Å². The zero-order valence-electron chi connectivity index (χ0n) is 11.0. The van der Waals surface area contributed by atoms with Gasteiger partial charge in [-0.15, -0.1) is 0 Å². The summed E-state index contributed by atoms with van der Waals surface area (Å²) in [6.07, 6.45) is 8.32. The first kappa shape index (κ1) is 13.6. The molecule has 0 heterocycles. The summed E-state index contributed by atoms with van der Waals surface area (Å²) in [5.41, 5.74) is 2.45. The Morgan fingerprint density at radius 1 is 1.61 bits per heavy atom. The van der Waals surface area contributed by atoms with E-state index in [2.05, 4.69) is 28.6 Å². The molecule has 2 aliphatic carbocycles. The van der Waals surface area contributed by atoms with E-state index in [9.17, 15) is 4.79 Å². The summed E-state index contributed by atoms with van der Waals surface area (Å²) in [5, 5.41) is 0. The fourth-order valence-corrected chi connectivity index (χ4v) is 3.18. The maximum atomic E-state index is 11.7. The van der Waals surface area contributed by atoms with Crippen molar-refractivity contribution >= 4 is 21.9 Å². The molecule has 0 radical (unpaired) electrons. The van der Waals surface area contributed by atoms with Crippen LogP contribution in [0.5, 0.6) is 0 Å². The molecule has 2 unspecified atom stereocenters. The minimum Gasteiger partial charge on any atom is -0.469 e. The summed E-state index contributed by atoms with van der Waals surface area (Å²) in [6.45, 7) is 6.16. The lowest BCUT2D eigenvalue weighted by molar-refractivity contribution is -0.143. The van der Waals surface area contributed by atoms with Crippen LogP contribution in [0, 0.1) is 11.3 Å². The Hall–Kier alpha value is -0.830. The Labute approximate surface area is 117 Å². The molecule has 0 bridgehead atoms. The van der Waals surface area contributed by atoms with Crippen molar-refractivity contribution in [3.8, 4) is 0 Å². The topological polar surface area (TPSA) is 26.3 Å². The van der Waals surface area contributed by atoms with E-state index in [1.807, 2.05) is 13.0 Å². The molecular weight excluding hydrogens is 292 g/mol. The Bertz CT molecular complexity index is 443. The highest BCUT2D eigenvalue weighted by Gasteiger charge is 2.61. The van der Waals surface area contributed by atoms with Gasteiger partial charge in [0, 0.05) is 5.41 Å². The summed E-state index contributed by atoms with van der Waals surface area (Å²) in [6, 6.07) is 0. The van der Waals surface area contributed by atoms with E-state index < -0.39 is 0 Å². The lowest BCUT2D eigenvalue weighted by atomic mass is 9.76. The van der Waals surface area contributed by atoms with E-state index in [-0.39, 0.29) is 17.3 Å². The van der Waals surface area contributed by atoms with Gasteiger partial charge >= 0.3 is 5.97 Å². The van der Waals surface area contributed by atoms with Crippen LogP contribution in [0.15, 0.2) is 34.4 Å². The minimum atomic E-state index is -0.0739. The molecule has 2 atom stereocenters. The summed E-state index contributed by atoms with van der Waals surface area (Å²) < 4.78 is 5.97. The standard InChI is InChI=1S/C15H19BrO2/c1-10-5-4-8-15(9-13(15)14(17)18-3)12(10)7-6-11(2)16/h6-7,13H,1,4-5,8-9H2,2-3H3/b11-6+,12-7+. The Morgan fingerprint density at radius 2 is 2.33 bits per heavy atom. The lowest BCUT2D eigenvalue weighted by Gasteiger charge is -2.28. The molecule has 3 heteroatoms. The normalized spacial score (nSPS) is 33.9. The van der Waals surface area contributed by atoms with Crippen molar-refractivity contribution in [2.45, 2.75) is 32.6 Å². The number of esters is 1. The zero-order valence-corrected chi connectivity index (χ0v) is 12.5. The molecule has 0 N–H and O–H groups in total. The largest absolute Gasteiger partial charge is 0.469 e. The van der Waals surface area contributed by atoms with Gasteiger partial charge < -0.3 is 4.74 Å².